The molecule has 2 aromatic rings. The summed E-state index contributed by atoms with van der Waals surface area (Å²) in [7, 11) is 0. The molecule has 1 aliphatic heterocycles. The van der Waals surface area contributed by atoms with E-state index in [4.69, 9.17) is 0 Å². The molecular weight excluding hydrogens is 298 g/mol. The predicted molar refractivity (Wildman–Crippen MR) is 87.2 cm³/mol. The summed E-state index contributed by atoms with van der Waals surface area (Å²) in [5.74, 6) is 2.04. The van der Waals surface area contributed by atoms with Crippen LogP contribution in [0.1, 0.15) is 18.5 Å². The number of thioether (sulfide) groups is 1. The number of amides is 2. The quantitative estimate of drug-likeness (QED) is 0.941. The van der Waals surface area contributed by atoms with Crippen LogP contribution in [-0.4, -0.2) is 50.3 Å². The third-order valence-electron chi connectivity index (χ3n) is 3.71. The van der Waals surface area contributed by atoms with Gasteiger partial charge < -0.3 is 10.2 Å². The highest BCUT2D eigenvalue weighted by Crippen LogP contribution is 2.16. The van der Waals surface area contributed by atoms with E-state index >= 15 is 0 Å². The Balaban J connectivity index is 1.62. The van der Waals surface area contributed by atoms with Crippen LogP contribution in [0, 0.1) is 0 Å². The zero-order valence-corrected chi connectivity index (χ0v) is 13.3. The highest BCUT2D eigenvalue weighted by atomic mass is 32.2. The number of nitrogens with zero attached hydrogens (tertiary/aromatic N) is 4. The third kappa shape index (κ3) is 3.41. The Morgan fingerprint density at radius 1 is 1.27 bits per heavy atom. The Morgan fingerprint density at radius 3 is 2.64 bits per heavy atom. The standard InChI is InChI=1S/C15H19N5OS/c1-12(18-15(21)19-6-8-22-9-7-19)13-2-4-14(5-3-13)20-11-16-10-17-20/h2-5,10-12H,6-9H2,1H3,(H,18,21). The van der Waals surface area contributed by atoms with Crippen molar-refractivity contribution in [2.45, 2.75) is 13.0 Å². The number of nitrogens with one attached hydrogen (secondary N) is 1. The zero-order valence-electron chi connectivity index (χ0n) is 12.5. The lowest BCUT2D eigenvalue weighted by Gasteiger charge is -2.28. The van der Waals surface area contributed by atoms with Crippen LogP contribution in [0.15, 0.2) is 36.9 Å². The van der Waals surface area contributed by atoms with Crippen molar-refractivity contribution in [3.8, 4) is 5.69 Å². The van der Waals surface area contributed by atoms with Crippen LogP contribution in [0.25, 0.3) is 5.69 Å². The average Bonchev–Trinajstić information content (AvgIpc) is 3.10. The van der Waals surface area contributed by atoms with Crippen molar-refractivity contribution in [1.29, 1.82) is 0 Å². The van der Waals surface area contributed by atoms with E-state index < -0.39 is 0 Å². The minimum Gasteiger partial charge on any atom is -0.331 e. The summed E-state index contributed by atoms with van der Waals surface area (Å²) in [6, 6.07) is 7.97. The molecule has 2 heterocycles. The first-order valence-electron chi connectivity index (χ1n) is 7.32. The van der Waals surface area contributed by atoms with E-state index in [-0.39, 0.29) is 12.1 Å². The number of hydrogen-bond donors (Lipinski definition) is 1. The minimum absolute atomic E-state index is 0.0214. The van der Waals surface area contributed by atoms with Crippen LogP contribution < -0.4 is 5.32 Å². The summed E-state index contributed by atoms with van der Waals surface area (Å²) >= 11 is 1.90. The molecule has 2 amide bonds. The molecule has 0 aliphatic carbocycles. The number of benzene rings is 1. The van der Waals surface area contributed by atoms with E-state index in [9.17, 15) is 4.79 Å². The molecule has 0 saturated carbocycles. The number of aromatic nitrogens is 3. The van der Waals surface area contributed by atoms with Gasteiger partial charge in [0.25, 0.3) is 0 Å². The number of urea groups is 1. The normalized spacial score (nSPS) is 16.3. The minimum atomic E-state index is -0.0214. The second-order valence-corrected chi connectivity index (χ2v) is 6.43. The molecule has 0 radical (unpaired) electrons. The Hall–Kier alpha value is -2.02. The first-order chi connectivity index (χ1) is 10.7. The predicted octanol–water partition coefficient (Wildman–Crippen LogP) is 2.09. The molecule has 7 heteroatoms. The van der Waals surface area contributed by atoms with Crippen molar-refractivity contribution in [3.63, 3.8) is 0 Å². The summed E-state index contributed by atoms with van der Waals surface area (Å²) in [6.07, 6.45) is 3.17. The van der Waals surface area contributed by atoms with Crippen molar-refractivity contribution >= 4 is 17.8 Å². The molecule has 116 valence electrons. The molecule has 1 aromatic carbocycles. The Morgan fingerprint density at radius 2 is 2.00 bits per heavy atom. The van der Waals surface area contributed by atoms with Gasteiger partial charge in [0.2, 0.25) is 0 Å². The number of carbonyl (C=O) groups is 1. The number of hydrogen-bond acceptors (Lipinski definition) is 4. The van der Waals surface area contributed by atoms with Gasteiger partial charge in [-0.1, -0.05) is 12.1 Å². The van der Waals surface area contributed by atoms with Gasteiger partial charge in [-0.3, -0.25) is 0 Å². The van der Waals surface area contributed by atoms with Crippen molar-refractivity contribution in [1.82, 2.24) is 25.0 Å². The smallest absolute Gasteiger partial charge is 0.317 e. The molecule has 1 aliphatic rings. The molecule has 1 atom stereocenters. The molecule has 1 fully saturated rings. The molecule has 1 aromatic heterocycles. The van der Waals surface area contributed by atoms with Crippen molar-refractivity contribution < 1.29 is 4.79 Å². The summed E-state index contributed by atoms with van der Waals surface area (Å²) in [5.41, 5.74) is 2.02. The molecule has 1 unspecified atom stereocenters. The molecule has 0 spiro atoms. The van der Waals surface area contributed by atoms with E-state index in [0.29, 0.717) is 0 Å². The fourth-order valence-corrected chi connectivity index (χ4v) is 3.29. The second kappa shape index (κ2) is 6.83. The highest BCUT2D eigenvalue weighted by Gasteiger charge is 2.18. The summed E-state index contributed by atoms with van der Waals surface area (Å²) in [5, 5.41) is 7.16. The van der Waals surface area contributed by atoms with Crippen molar-refractivity contribution in [3.05, 3.63) is 42.5 Å². The summed E-state index contributed by atoms with van der Waals surface area (Å²) < 4.78 is 1.71. The van der Waals surface area contributed by atoms with E-state index in [0.717, 1.165) is 35.8 Å². The van der Waals surface area contributed by atoms with Gasteiger partial charge in [-0.2, -0.15) is 16.9 Å². The topological polar surface area (TPSA) is 63.1 Å². The van der Waals surface area contributed by atoms with Gasteiger partial charge in [-0.25, -0.2) is 14.5 Å². The molecule has 22 heavy (non-hydrogen) atoms. The van der Waals surface area contributed by atoms with E-state index in [1.165, 1.54) is 6.33 Å². The Labute approximate surface area is 133 Å². The fourth-order valence-electron chi connectivity index (χ4n) is 2.38. The largest absolute Gasteiger partial charge is 0.331 e. The van der Waals surface area contributed by atoms with Gasteiger partial charge in [-0.15, -0.1) is 0 Å². The highest BCUT2D eigenvalue weighted by molar-refractivity contribution is 7.99. The summed E-state index contributed by atoms with van der Waals surface area (Å²) in [4.78, 5) is 18.0. The van der Waals surface area contributed by atoms with Gasteiger partial charge >= 0.3 is 6.03 Å². The van der Waals surface area contributed by atoms with Crippen molar-refractivity contribution in [2.24, 2.45) is 0 Å². The Bertz CT molecular complexity index is 607. The molecule has 0 bridgehead atoms. The van der Waals surface area contributed by atoms with Crippen molar-refractivity contribution in [2.75, 3.05) is 24.6 Å². The molecule has 1 N–H and O–H groups in total. The average molecular weight is 317 g/mol. The van der Waals surface area contributed by atoms with Gasteiger partial charge in [-0.05, 0) is 24.6 Å². The second-order valence-electron chi connectivity index (χ2n) is 5.20. The maximum atomic E-state index is 12.2. The van der Waals surface area contributed by atoms with Crippen LogP contribution in [0.3, 0.4) is 0 Å². The van der Waals surface area contributed by atoms with E-state index in [1.807, 2.05) is 47.9 Å². The summed E-state index contributed by atoms with van der Waals surface area (Å²) in [6.45, 7) is 3.66. The SMILES string of the molecule is CC(NC(=O)N1CCSCC1)c1ccc(-n2cncn2)cc1. The van der Waals surface area contributed by atoms with Crippen LogP contribution >= 0.6 is 11.8 Å². The lowest BCUT2D eigenvalue weighted by molar-refractivity contribution is 0.200. The lowest BCUT2D eigenvalue weighted by Crippen LogP contribution is -2.45. The zero-order chi connectivity index (χ0) is 15.4. The van der Waals surface area contributed by atoms with Gasteiger partial charge in [0, 0.05) is 24.6 Å². The monoisotopic (exact) mass is 317 g/mol. The Kier molecular flexibility index (Phi) is 4.62. The first kappa shape index (κ1) is 14.9. The van der Waals surface area contributed by atoms with Crippen LogP contribution in [0.2, 0.25) is 0 Å². The third-order valence-corrected chi connectivity index (χ3v) is 4.66. The van der Waals surface area contributed by atoms with Gasteiger partial charge in [0.15, 0.2) is 0 Å². The molecule has 3 rings (SSSR count). The van der Waals surface area contributed by atoms with Crippen LogP contribution in [0.4, 0.5) is 4.79 Å². The fraction of sp³-hybridized carbons (Fsp3) is 0.400. The lowest BCUT2D eigenvalue weighted by atomic mass is 10.1. The van der Waals surface area contributed by atoms with Gasteiger partial charge in [0.05, 0.1) is 11.7 Å². The first-order valence-corrected chi connectivity index (χ1v) is 8.47. The van der Waals surface area contributed by atoms with Crippen LogP contribution in [-0.2, 0) is 0 Å². The van der Waals surface area contributed by atoms with Crippen LogP contribution in [0.5, 0.6) is 0 Å². The molecule has 6 nitrogen and oxygen atoms in total. The number of rotatable bonds is 3. The van der Waals surface area contributed by atoms with Gasteiger partial charge in [0.1, 0.15) is 12.7 Å². The maximum Gasteiger partial charge on any atom is 0.317 e. The molecule has 1 saturated heterocycles. The maximum absolute atomic E-state index is 12.2. The molecular formula is C15H19N5OS. The van der Waals surface area contributed by atoms with E-state index in [2.05, 4.69) is 15.4 Å². The number of carbonyl (C=O) groups excluding carboxylic acids is 1. The van der Waals surface area contributed by atoms with E-state index in [1.54, 1.807) is 11.0 Å².